The van der Waals surface area contributed by atoms with E-state index in [1.807, 2.05) is 12.1 Å². The highest BCUT2D eigenvalue weighted by atomic mass is 35.5. The Balaban J connectivity index is 1.90. The Bertz CT molecular complexity index is 499. The molecule has 0 aliphatic heterocycles. The predicted octanol–water partition coefficient (Wildman–Crippen LogP) is 3.57. The van der Waals surface area contributed by atoms with Crippen LogP contribution in [0.5, 0.6) is 0 Å². The fourth-order valence-electron chi connectivity index (χ4n) is 1.87. The second kappa shape index (κ2) is 6.03. The van der Waals surface area contributed by atoms with Crippen molar-refractivity contribution in [2.24, 2.45) is 5.73 Å². The molecule has 0 fully saturated rings. The molecule has 1 unspecified atom stereocenters. The zero-order valence-electron chi connectivity index (χ0n) is 9.90. The molecule has 1 aromatic heterocycles. The lowest BCUT2D eigenvalue weighted by Gasteiger charge is -2.12. The highest BCUT2D eigenvalue weighted by Crippen LogP contribution is 2.19. The third kappa shape index (κ3) is 3.59. The van der Waals surface area contributed by atoms with Gasteiger partial charge in [0, 0.05) is 17.5 Å². The van der Waals surface area contributed by atoms with Gasteiger partial charge in [-0.25, -0.2) is 4.39 Å². The van der Waals surface area contributed by atoms with Gasteiger partial charge in [-0.15, -0.1) is 0 Å². The Hall–Kier alpha value is -1.32. The van der Waals surface area contributed by atoms with E-state index in [0.717, 1.165) is 24.2 Å². The van der Waals surface area contributed by atoms with Gasteiger partial charge in [0.15, 0.2) is 0 Å². The van der Waals surface area contributed by atoms with Crippen molar-refractivity contribution >= 4 is 11.6 Å². The molecule has 18 heavy (non-hydrogen) atoms. The Morgan fingerprint density at radius 2 is 2.17 bits per heavy atom. The van der Waals surface area contributed by atoms with E-state index in [9.17, 15) is 4.39 Å². The summed E-state index contributed by atoms with van der Waals surface area (Å²) in [5, 5.41) is 0.560. The van der Waals surface area contributed by atoms with E-state index in [-0.39, 0.29) is 11.9 Å². The van der Waals surface area contributed by atoms with Gasteiger partial charge in [-0.1, -0.05) is 11.6 Å². The summed E-state index contributed by atoms with van der Waals surface area (Å²) in [6.45, 7) is 0. The molecule has 2 rings (SSSR count). The minimum atomic E-state index is -0.285. The first-order valence-electron chi connectivity index (χ1n) is 5.87. The lowest BCUT2D eigenvalue weighted by Crippen LogP contribution is -2.23. The van der Waals surface area contributed by atoms with E-state index < -0.39 is 0 Å². The van der Waals surface area contributed by atoms with Gasteiger partial charge in [0.25, 0.3) is 0 Å². The third-order valence-electron chi connectivity index (χ3n) is 2.83. The maximum absolute atomic E-state index is 13.1. The van der Waals surface area contributed by atoms with E-state index in [4.69, 9.17) is 21.8 Å². The van der Waals surface area contributed by atoms with Crippen molar-refractivity contribution in [2.45, 2.75) is 25.3 Å². The monoisotopic (exact) mass is 267 g/mol. The van der Waals surface area contributed by atoms with Crippen molar-refractivity contribution in [3.05, 3.63) is 58.8 Å². The largest absolute Gasteiger partial charge is 0.469 e. The smallest absolute Gasteiger partial charge is 0.123 e. The summed E-state index contributed by atoms with van der Waals surface area (Å²) in [6.07, 6.45) is 3.77. The highest BCUT2D eigenvalue weighted by molar-refractivity contribution is 6.31. The van der Waals surface area contributed by atoms with Crippen LogP contribution < -0.4 is 5.73 Å². The van der Waals surface area contributed by atoms with Crippen LogP contribution in [-0.4, -0.2) is 6.04 Å². The second-order valence-electron chi connectivity index (χ2n) is 4.32. The van der Waals surface area contributed by atoms with Crippen LogP contribution in [0.25, 0.3) is 0 Å². The number of aryl methyl sites for hydroxylation is 1. The van der Waals surface area contributed by atoms with Gasteiger partial charge >= 0.3 is 0 Å². The summed E-state index contributed by atoms with van der Waals surface area (Å²) in [6, 6.07) is 8.06. The fraction of sp³-hybridized carbons (Fsp3) is 0.286. The van der Waals surface area contributed by atoms with Crippen LogP contribution in [0.2, 0.25) is 5.02 Å². The number of furan rings is 1. The van der Waals surface area contributed by atoms with Crippen molar-refractivity contribution in [3.63, 3.8) is 0 Å². The maximum Gasteiger partial charge on any atom is 0.123 e. The topological polar surface area (TPSA) is 39.2 Å². The molecule has 0 aliphatic rings. The SMILES string of the molecule is NC(CCc1ccco1)Cc1cc(F)ccc1Cl. The molecule has 0 saturated heterocycles. The molecule has 1 heterocycles. The predicted molar refractivity (Wildman–Crippen MR) is 70.1 cm³/mol. The highest BCUT2D eigenvalue weighted by Gasteiger charge is 2.09. The van der Waals surface area contributed by atoms with E-state index in [2.05, 4.69) is 0 Å². The molecule has 96 valence electrons. The number of halogens is 2. The van der Waals surface area contributed by atoms with Gasteiger partial charge in [-0.2, -0.15) is 0 Å². The second-order valence-corrected chi connectivity index (χ2v) is 4.73. The van der Waals surface area contributed by atoms with Crippen LogP contribution in [0.15, 0.2) is 41.0 Å². The lowest BCUT2D eigenvalue weighted by molar-refractivity contribution is 0.483. The van der Waals surface area contributed by atoms with Crippen molar-refractivity contribution in [3.8, 4) is 0 Å². The van der Waals surface area contributed by atoms with Crippen molar-refractivity contribution < 1.29 is 8.81 Å². The van der Waals surface area contributed by atoms with Gasteiger partial charge in [0.05, 0.1) is 6.26 Å². The molecule has 0 saturated carbocycles. The molecule has 1 aromatic carbocycles. The van der Waals surface area contributed by atoms with Gasteiger partial charge in [-0.3, -0.25) is 0 Å². The molecule has 0 bridgehead atoms. The van der Waals surface area contributed by atoms with Crippen molar-refractivity contribution in [2.75, 3.05) is 0 Å². The summed E-state index contributed by atoms with van der Waals surface area (Å²) < 4.78 is 18.3. The summed E-state index contributed by atoms with van der Waals surface area (Å²) in [5.74, 6) is 0.628. The first-order chi connectivity index (χ1) is 8.65. The van der Waals surface area contributed by atoms with Crippen LogP contribution in [-0.2, 0) is 12.8 Å². The maximum atomic E-state index is 13.1. The van der Waals surface area contributed by atoms with E-state index in [1.54, 1.807) is 12.3 Å². The quantitative estimate of drug-likeness (QED) is 0.899. The average molecular weight is 268 g/mol. The molecular formula is C14H15ClFNO. The Morgan fingerprint density at radius 3 is 2.89 bits per heavy atom. The minimum absolute atomic E-state index is 0.0607. The molecule has 1 atom stereocenters. The first kappa shape index (κ1) is 13.1. The van der Waals surface area contributed by atoms with E-state index in [1.165, 1.54) is 12.1 Å². The number of nitrogens with two attached hydrogens (primary N) is 1. The Morgan fingerprint density at radius 1 is 1.33 bits per heavy atom. The van der Waals surface area contributed by atoms with Crippen LogP contribution in [0.1, 0.15) is 17.7 Å². The number of hydrogen-bond acceptors (Lipinski definition) is 2. The van der Waals surface area contributed by atoms with Gasteiger partial charge in [0.1, 0.15) is 11.6 Å². The van der Waals surface area contributed by atoms with Crippen LogP contribution >= 0.6 is 11.6 Å². The average Bonchev–Trinajstić information content (AvgIpc) is 2.84. The molecule has 0 radical (unpaired) electrons. The van der Waals surface area contributed by atoms with Crippen LogP contribution in [0, 0.1) is 5.82 Å². The van der Waals surface area contributed by atoms with E-state index >= 15 is 0 Å². The van der Waals surface area contributed by atoms with Gasteiger partial charge < -0.3 is 10.2 Å². The Kier molecular flexibility index (Phi) is 4.39. The molecule has 0 amide bonds. The summed E-state index contributed by atoms with van der Waals surface area (Å²) in [5.41, 5.74) is 6.77. The van der Waals surface area contributed by atoms with Gasteiger partial charge in [0.2, 0.25) is 0 Å². The van der Waals surface area contributed by atoms with Crippen LogP contribution in [0.4, 0.5) is 4.39 Å². The van der Waals surface area contributed by atoms with E-state index in [0.29, 0.717) is 11.4 Å². The van der Waals surface area contributed by atoms with Crippen molar-refractivity contribution in [1.82, 2.24) is 0 Å². The molecule has 0 aliphatic carbocycles. The lowest BCUT2D eigenvalue weighted by atomic mass is 10.0. The number of rotatable bonds is 5. The fourth-order valence-corrected chi connectivity index (χ4v) is 2.06. The normalized spacial score (nSPS) is 12.6. The Labute approximate surface area is 111 Å². The third-order valence-corrected chi connectivity index (χ3v) is 3.20. The molecule has 0 spiro atoms. The first-order valence-corrected chi connectivity index (χ1v) is 6.25. The number of hydrogen-bond donors (Lipinski definition) is 1. The summed E-state index contributed by atoms with van der Waals surface area (Å²) in [7, 11) is 0. The molecule has 4 heteroatoms. The zero-order chi connectivity index (χ0) is 13.0. The molecule has 2 nitrogen and oxygen atoms in total. The van der Waals surface area contributed by atoms with Crippen molar-refractivity contribution in [1.29, 1.82) is 0 Å². The molecule has 2 N–H and O–H groups in total. The van der Waals surface area contributed by atoms with Gasteiger partial charge in [-0.05, 0) is 48.7 Å². The minimum Gasteiger partial charge on any atom is -0.469 e. The standard InChI is InChI=1S/C14H15ClFNO/c15-14-6-3-11(16)8-10(14)9-12(17)4-5-13-2-1-7-18-13/h1-3,6-8,12H,4-5,9,17H2. The summed E-state index contributed by atoms with van der Waals surface area (Å²) >= 11 is 6.00. The number of benzene rings is 1. The molecular weight excluding hydrogens is 253 g/mol. The summed E-state index contributed by atoms with van der Waals surface area (Å²) in [4.78, 5) is 0. The van der Waals surface area contributed by atoms with Crippen LogP contribution in [0.3, 0.4) is 0 Å². The zero-order valence-corrected chi connectivity index (χ0v) is 10.7. The molecule has 2 aromatic rings.